The molecule has 0 aliphatic heterocycles. The highest BCUT2D eigenvalue weighted by Crippen LogP contribution is 2.30. The molecule has 0 radical (unpaired) electrons. The van der Waals surface area contributed by atoms with Gasteiger partial charge in [0.05, 0.1) is 19.4 Å². The fourth-order valence-electron chi connectivity index (χ4n) is 2.21. The minimum absolute atomic E-state index is 0.233. The van der Waals surface area contributed by atoms with Gasteiger partial charge >= 0.3 is 5.91 Å². The maximum absolute atomic E-state index is 11.4. The van der Waals surface area contributed by atoms with Crippen LogP contribution in [0.15, 0.2) is 39.4 Å². The summed E-state index contributed by atoms with van der Waals surface area (Å²) in [6, 6.07) is 7.86. The molecule has 3 N–H and O–H groups in total. The number of nitrogens with two attached hydrogens (primary N) is 1. The van der Waals surface area contributed by atoms with Crippen molar-refractivity contribution in [3.05, 3.63) is 47.8 Å². The Bertz CT molecular complexity index is 572. The number of nitrogen functional groups attached to an aromatic ring is 1. The molecule has 106 valence electrons. The van der Waals surface area contributed by atoms with Crippen LogP contribution in [0.5, 0.6) is 0 Å². The van der Waals surface area contributed by atoms with Gasteiger partial charge in [-0.05, 0) is 37.1 Å². The number of hydrogen-bond donors (Lipinski definition) is 2. The highest BCUT2D eigenvalue weighted by Gasteiger charge is 2.30. The molecule has 1 amide bonds. The van der Waals surface area contributed by atoms with Gasteiger partial charge in [0.15, 0.2) is 5.76 Å². The van der Waals surface area contributed by atoms with Crippen molar-refractivity contribution in [2.24, 2.45) is 5.84 Å². The molecule has 1 saturated carbocycles. The maximum atomic E-state index is 11.4. The zero-order valence-electron chi connectivity index (χ0n) is 11.0. The van der Waals surface area contributed by atoms with Crippen LogP contribution in [0.1, 0.15) is 34.9 Å². The first-order valence-electron chi connectivity index (χ1n) is 6.62. The minimum atomic E-state index is -0.416. The molecule has 1 aliphatic rings. The number of hydrazine groups is 1. The second-order valence-electron chi connectivity index (χ2n) is 4.95. The molecule has 0 saturated heterocycles. The van der Waals surface area contributed by atoms with Crippen LogP contribution in [0, 0.1) is 0 Å². The van der Waals surface area contributed by atoms with Gasteiger partial charge in [-0.25, -0.2) is 5.84 Å². The number of carbonyl (C=O) groups is 1. The van der Waals surface area contributed by atoms with Crippen LogP contribution in [0.4, 0.5) is 0 Å². The molecule has 2 heterocycles. The number of amides is 1. The predicted octanol–water partition coefficient (Wildman–Crippen LogP) is 1.64. The van der Waals surface area contributed by atoms with Crippen molar-refractivity contribution in [3.8, 4) is 0 Å². The topological polar surface area (TPSA) is 84.6 Å². The number of furan rings is 2. The van der Waals surface area contributed by atoms with Crippen LogP contribution in [0.3, 0.4) is 0 Å². The number of carbonyl (C=O) groups excluding carboxylic acids is 1. The summed E-state index contributed by atoms with van der Waals surface area (Å²) in [5.74, 6) is 6.58. The summed E-state index contributed by atoms with van der Waals surface area (Å²) in [6.45, 7) is 1.40. The van der Waals surface area contributed by atoms with E-state index in [1.807, 2.05) is 18.2 Å². The zero-order chi connectivity index (χ0) is 13.9. The van der Waals surface area contributed by atoms with Crippen molar-refractivity contribution >= 4 is 5.91 Å². The maximum Gasteiger partial charge on any atom is 0.300 e. The van der Waals surface area contributed by atoms with Gasteiger partial charge in [-0.2, -0.15) is 0 Å². The molecule has 0 unspecified atom stereocenters. The van der Waals surface area contributed by atoms with Crippen molar-refractivity contribution in [3.63, 3.8) is 0 Å². The Morgan fingerprint density at radius 2 is 2.10 bits per heavy atom. The SMILES string of the molecule is NNC(=O)c1ccc(CN(Cc2ccco2)C2CC2)o1. The van der Waals surface area contributed by atoms with Crippen LogP contribution in [0.2, 0.25) is 0 Å². The Labute approximate surface area is 116 Å². The van der Waals surface area contributed by atoms with Crippen LogP contribution < -0.4 is 11.3 Å². The number of nitrogens with zero attached hydrogens (tertiary/aromatic N) is 1. The van der Waals surface area contributed by atoms with E-state index in [2.05, 4.69) is 10.3 Å². The summed E-state index contributed by atoms with van der Waals surface area (Å²) in [5.41, 5.74) is 2.06. The normalized spacial score (nSPS) is 14.7. The Hall–Kier alpha value is -2.05. The lowest BCUT2D eigenvalue weighted by atomic mass is 10.3. The van der Waals surface area contributed by atoms with Crippen LogP contribution in [-0.2, 0) is 13.1 Å². The van der Waals surface area contributed by atoms with E-state index in [1.54, 1.807) is 12.3 Å². The van der Waals surface area contributed by atoms with Crippen molar-refractivity contribution < 1.29 is 13.6 Å². The summed E-state index contributed by atoms with van der Waals surface area (Å²) >= 11 is 0. The number of hydrogen-bond acceptors (Lipinski definition) is 5. The Morgan fingerprint density at radius 3 is 2.75 bits per heavy atom. The smallest absolute Gasteiger partial charge is 0.300 e. The van der Waals surface area contributed by atoms with Crippen LogP contribution in [-0.4, -0.2) is 16.8 Å². The molecule has 0 spiro atoms. The molecule has 2 aromatic rings. The van der Waals surface area contributed by atoms with E-state index in [1.165, 1.54) is 12.8 Å². The van der Waals surface area contributed by atoms with Crippen LogP contribution in [0.25, 0.3) is 0 Å². The molecule has 0 aromatic carbocycles. The zero-order valence-corrected chi connectivity index (χ0v) is 11.0. The van der Waals surface area contributed by atoms with Gasteiger partial charge in [0.1, 0.15) is 11.5 Å². The summed E-state index contributed by atoms with van der Waals surface area (Å²) in [6.07, 6.45) is 4.06. The van der Waals surface area contributed by atoms with Gasteiger partial charge in [-0.15, -0.1) is 0 Å². The third kappa shape index (κ3) is 2.92. The molecule has 2 aromatic heterocycles. The molecular weight excluding hydrogens is 258 g/mol. The van der Waals surface area contributed by atoms with Gasteiger partial charge in [0, 0.05) is 6.04 Å². The van der Waals surface area contributed by atoms with E-state index in [0.29, 0.717) is 12.6 Å². The van der Waals surface area contributed by atoms with Gasteiger partial charge in [-0.3, -0.25) is 15.1 Å². The fourth-order valence-corrected chi connectivity index (χ4v) is 2.21. The first-order chi connectivity index (χ1) is 9.76. The molecular formula is C14H17N3O3. The third-order valence-corrected chi connectivity index (χ3v) is 3.38. The van der Waals surface area contributed by atoms with Gasteiger partial charge in [-0.1, -0.05) is 0 Å². The van der Waals surface area contributed by atoms with E-state index in [9.17, 15) is 4.79 Å². The van der Waals surface area contributed by atoms with Gasteiger partial charge in [0.2, 0.25) is 0 Å². The standard InChI is InChI=1S/C14H17N3O3/c15-16-14(18)13-6-5-12(20-13)9-17(10-3-4-10)8-11-2-1-7-19-11/h1-2,5-7,10H,3-4,8-9,15H2,(H,16,18). The lowest BCUT2D eigenvalue weighted by Gasteiger charge is -2.19. The summed E-state index contributed by atoms with van der Waals surface area (Å²) < 4.78 is 10.9. The van der Waals surface area contributed by atoms with Crippen molar-refractivity contribution in [2.45, 2.75) is 32.0 Å². The molecule has 6 heteroatoms. The van der Waals surface area contributed by atoms with E-state index < -0.39 is 5.91 Å². The lowest BCUT2D eigenvalue weighted by Crippen LogP contribution is -2.29. The molecule has 1 fully saturated rings. The first-order valence-corrected chi connectivity index (χ1v) is 6.62. The number of rotatable bonds is 6. The third-order valence-electron chi connectivity index (χ3n) is 3.38. The molecule has 20 heavy (non-hydrogen) atoms. The second kappa shape index (κ2) is 5.52. The predicted molar refractivity (Wildman–Crippen MR) is 71.3 cm³/mol. The molecule has 6 nitrogen and oxygen atoms in total. The minimum Gasteiger partial charge on any atom is -0.468 e. The quantitative estimate of drug-likeness (QED) is 0.475. The van der Waals surface area contributed by atoms with Crippen molar-refractivity contribution in [1.82, 2.24) is 10.3 Å². The lowest BCUT2D eigenvalue weighted by molar-refractivity contribution is 0.0921. The van der Waals surface area contributed by atoms with E-state index in [-0.39, 0.29) is 5.76 Å². The van der Waals surface area contributed by atoms with E-state index in [0.717, 1.165) is 18.1 Å². The van der Waals surface area contributed by atoms with Crippen molar-refractivity contribution in [2.75, 3.05) is 0 Å². The highest BCUT2D eigenvalue weighted by molar-refractivity contribution is 5.90. The first kappa shape index (κ1) is 13.0. The molecule has 0 atom stereocenters. The molecule has 1 aliphatic carbocycles. The van der Waals surface area contributed by atoms with E-state index in [4.69, 9.17) is 14.7 Å². The molecule has 0 bridgehead atoms. The summed E-state index contributed by atoms with van der Waals surface area (Å²) in [5, 5.41) is 0. The average Bonchev–Trinajstić information content (AvgIpc) is 2.99. The molecule has 3 rings (SSSR count). The monoisotopic (exact) mass is 275 g/mol. The fraction of sp³-hybridized carbons (Fsp3) is 0.357. The Kier molecular flexibility index (Phi) is 3.58. The summed E-state index contributed by atoms with van der Waals surface area (Å²) in [7, 11) is 0. The van der Waals surface area contributed by atoms with Crippen LogP contribution >= 0.6 is 0 Å². The summed E-state index contributed by atoms with van der Waals surface area (Å²) in [4.78, 5) is 13.7. The second-order valence-corrected chi connectivity index (χ2v) is 4.95. The van der Waals surface area contributed by atoms with Crippen molar-refractivity contribution in [1.29, 1.82) is 0 Å². The van der Waals surface area contributed by atoms with Gasteiger partial charge in [0.25, 0.3) is 0 Å². The highest BCUT2D eigenvalue weighted by atomic mass is 16.4. The average molecular weight is 275 g/mol. The van der Waals surface area contributed by atoms with E-state index >= 15 is 0 Å². The Morgan fingerprint density at radius 1 is 1.30 bits per heavy atom. The number of nitrogens with one attached hydrogen (secondary N) is 1. The largest absolute Gasteiger partial charge is 0.468 e. The van der Waals surface area contributed by atoms with Gasteiger partial charge < -0.3 is 8.83 Å². The Balaban J connectivity index is 1.67.